The topological polar surface area (TPSA) is 74.8 Å². The molecule has 2 aromatic heterocycles. The molecule has 6 rings (SSSR count). The molecule has 0 radical (unpaired) electrons. The Bertz CT molecular complexity index is 1490. The summed E-state index contributed by atoms with van der Waals surface area (Å²) in [4.78, 5) is 32.0. The maximum atomic E-state index is 13.9. The minimum atomic E-state index is -4.58. The highest BCUT2D eigenvalue weighted by Crippen LogP contribution is 2.62. The molecular formula is C25H19ClF3N5O. The molecule has 0 spiro atoms. The van der Waals surface area contributed by atoms with Gasteiger partial charge >= 0.3 is 6.18 Å². The van der Waals surface area contributed by atoms with Gasteiger partial charge in [0.2, 0.25) is 0 Å². The number of fused-ring (bicyclic) bond motifs is 2. The molecule has 4 aromatic rings. The van der Waals surface area contributed by atoms with Crippen LogP contribution in [0.2, 0.25) is 5.02 Å². The quantitative estimate of drug-likeness (QED) is 0.390. The fourth-order valence-electron chi connectivity index (χ4n) is 5.24. The summed E-state index contributed by atoms with van der Waals surface area (Å²) in [6, 6.07) is 9.48. The number of aromatic amines is 1. The maximum absolute atomic E-state index is 13.9. The van der Waals surface area contributed by atoms with Gasteiger partial charge in [0.1, 0.15) is 11.4 Å². The molecule has 2 aliphatic rings. The highest BCUT2D eigenvalue weighted by molar-refractivity contribution is 6.32. The predicted octanol–water partition coefficient (Wildman–Crippen LogP) is 5.76. The van der Waals surface area contributed by atoms with Crippen molar-refractivity contribution in [1.82, 2.24) is 24.8 Å². The normalized spacial score (nSPS) is 21.4. The van der Waals surface area contributed by atoms with E-state index in [1.54, 1.807) is 23.4 Å². The van der Waals surface area contributed by atoms with Gasteiger partial charge < -0.3 is 9.88 Å². The molecule has 2 atom stereocenters. The summed E-state index contributed by atoms with van der Waals surface area (Å²) in [7, 11) is 0. The maximum Gasteiger partial charge on any atom is 0.417 e. The smallest absolute Gasteiger partial charge is 0.340 e. The van der Waals surface area contributed by atoms with E-state index in [0.29, 0.717) is 41.3 Å². The molecule has 2 aromatic carbocycles. The number of halogens is 4. The lowest BCUT2D eigenvalue weighted by Crippen LogP contribution is -2.39. The average Bonchev–Trinajstić information content (AvgIpc) is 3.20. The first-order valence-corrected chi connectivity index (χ1v) is 11.5. The molecule has 0 bridgehead atoms. The van der Waals surface area contributed by atoms with Gasteiger partial charge in [-0.15, -0.1) is 0 Å². The van der Waals surface area contributed by atoms with Crippen LogP contribution in [0.5, 0.6) is 0 Å². The van der Waals surface area contributed by atoms with Gasteiger partial charge in [-0.1, -0.05) is 29.3 Å². The number of carbonyl (C=O) groups is 1. The van der Waals surface area contributed by atoms with E-state index in [4.69, 9.17) is 11.6 Å². The van der Waals surface area contributed by atoms with Crippen molar-refractivity contribution in [3.63, 3.8) is 0 Å². The monoisotopic (exact) mass is 497 g/mol. The van der Waals surface area contributed by atoms with Crippen LogP contribution in [0, 0.1) is 12.8 Å². The highest BCUT2D eigenvalue weighted by Gasteiger charge is 2.66. The van der Waals surface area contributed by atoms with E-state index < -0.39 is 22.3 Å². The Balaban J connectivity index is 1.42. The van der Waals surface area contributed by atoms with E-state index in [1.165, 1.54) is 6.07 Å². The molecule has 1 saturated heterocycles. The van der Waals surface area contributed by atoms with Gasteiger partial charge in [0.15, 0.2) is 5.82 Å². The van der Waals surface area contributed by atoms with Crippen LogP contribution in [0.15, 0.2) is 48.8 Å². The molecule has 35 heavy (non-hydrogen) atoms. The van der Waals surface area contributed by atoms with Crippen molar-refractivity contribution in [2.75, 3.05) is 6.54 Å². The number of hydrogen-bond acceptors (Lipinski definition) is 4. The number of benzene rings is 2. The molecule has 10 heteroatoms. The lowest BCUT2D eigenvalue weighted by molar-refractivity contribution is -0.137. The van der Waals surface area contributed by atoms with Crippen LogP contribution in [0.4, 0.5) is 13.2 Å². The van der Waals surface area contributed by atoms with E-state index in [-0.39, 0.29) is 17.3 Å². The summed E-state index contributed by atoms with van der Waals surface area (Å²) in [6.07, 6.45) is 0.161. The average molecular weight is 498 g/mol. The van der Waals surface area contributed by atoms with Crippen LogP contribution >= 0.6 is 11.6 Å². The number of nitrogens with zero attached hydrogens (tertiary/aromatic N) is 4. The minimum Gasteiger partial charge on any atom is -0.340 e. The number of amides is 1. The number of nitrogens with one attached hydrogen (secondary N) is 1. The molecule has 6 nitrogen and oxygen atoms in total. The number of likely N-dealkylation sites (tertiary alicyclic amines) is 1. The van der Waals surface area contributed by atoms with Crippen molar-refractivity contribution in [2.45, 2.75) is 31.5 Å². The predicted molar refractivity (Wildman–Crippen MR) is 124 cm³/mol. The molecule has 1 aliphatic heterocycles. The number of H-pyrrole nitrogens is 1. The Hall–Kier alpha value is -3.46. The SMILES string of the molecule is Cc1ccc(-c2ncccn2)c(C(=O)N2CC[C@@H]3C[C@@]32c2nc3cc(Cl)c(C(F)(F)F)cc3[nH]2)c1. The lowest BCUT2D eigenvalue weighted by atomic mass is 10.0. The number of imidazole rings is 1. The van der Waals surface area contributed by atoms with Gasteiger partial charge in [0, 0.05) is 24.5 Å². The number of rotatable bonds is 3. The van der Waals surface area contributed by atoms with Crippen LogP contribution < -0.4 is 0 Å². The fourth-order valence-corrected chi connectivity index (χ4v) is 5.51. The van der Waals surface area contributed by atoms with Gasteiger partial charge in [0.05, 0.1) is 27.2 Å². The van der Waals surface area contributed by atoms with Crippen molar-refractivity contribution >= 4 is 28.5 Å². The molecule has 1 saturated carbocycles. The van der Waals surface area contributed by atoms with Crippen LogP contribution in [0.25, 0.3) is 22.4 Å². The highest BCUT2D eigenvalue weighted by atomic mass is 35.5. The summed E-state index contributed by atoms with van der Waals surface area (Å²) in [6.45, 7) is 2.44. The largest absolute Gasteiger partial charge is 0.417 e. The first-order chi connectivity index (χ1) is 16.7. The summed E-state index contributed by atoms with van der Waals surface area (Å²) in [5, 5.41) is -0.403. The third kappa shape index (κ3) is 3.40. The summed E-state index contributed by atoms with van der Waals surface area (Å²) in [5.74, 6) is 0.954. The second-order valence-corrected chi connectivity index (χ2v) is 9.53. The Morgan fingerprint density at radius 1 is 1.20 bits per heavy atom. The van der Waals surface area contributed by atoms with E-state index in [9.17, 15) is 18.0 Å². The fraction of sp³-hybridized carbons (Fsp3) is 0.280. The number of carbonyl (C=O) groups excluding carboxylic acids is 1. The molecule has 3 heterocycles. The first-order valence-electron chi connectivity index (χ1n) is 11.2. The van der Waals surface area contributed by atoms with Gasteiger partial charge in [0.25, 0.3) is 5.91 Å². The van der Waals surface area contributed by atoms with Gasteiger partial charge in [-0.05, 0) is 49.9 Å². The van der Waals surface area contributed by atoms with E-state index >= 15 is 0 Å². The number of aryl methyl sites for hydroxylation is 1. The van der Waals surface area contributed by atoms with Crippen molar-refractivity contribution in [2.24, 2.45) is 5.92 Å². The van der Waals surface area contributed by atoms with Crippen LogP contribution in [-0.4, -0.2) is 37.3 Å². The summed E-state index contributed by atoms with van der Waals surface area (Å²) >= 11 is 5.90. The zero-order valence-corrected chi connectivity index (χ0v) is 19.3. The lowest BCUT2D eigenvalue weighted by Gasteiger charge is -2.28. The third-order valence-electron chi connectivity index (χ3n) is 7.00. The molecular weight excluding hydrogens is 479 g/mol. The first kappa shape index (κ1) is 22.0. The molecule has 1 aliphatic carbocycles. The molecule has 178 valence electrons. The Kier molecular flexibility index (Phi) is 4.73. The number of hydrogen-bond donors (Lipinski definition) is 1. The molecule has 1 N–H and O–H groups in total. The van der Waals surface area contributed by atoms with Crippen LogP contribution in [0.3, 0.4) is 0 Å². The number of piperidine rings is 1. The van der Waals surface area contributed by atoms with Crippen LogP contribution in [0.1, 0.15) is 40.2 Å². The summed E-state index contributed by atoms with van der Waals surface area (Å²) < 4.78 is 40.1. The summed E-state index contributed by atoms with van der Waals surface area (Å²) in [5.41, 5.74) is 1.02. The van der Waals surface area contributed by atoms with E-state index in [2.05, 4.69) is 19.9 Å². The Labute approximate surface area is 203 Å². The van der Waals surface area contributed by atoms with Gasteiger partial charge in [-0.3, -0.25) is 4.79 Å². The van der Waals surface area contributed by atoms with Gasteiger partial charge in [-0.25, -0.2) is 15.0 Å². The Morgan fingerprint density at radius 3 is 2.69 bits per heavy atom. The number of aromatic nitrogens is 4. The van der Waals surface area contributed by atoms with Crippen LogP contribution in [-0.2, 0) is 11.7 Å². The van der Waals surface area contributed by atoms with Gasteiger partial charge in [-0.2, -0.15) is 13.2 Å². The van der Waals surface area contributed by atoms with Crippen molar-refractivity contribution in [3.8, 4) is 11.4 Å². The number of alkyl halides is 3. The van der Waals surface area contributed by atoms with E-state index in [1.807, 2.05) is 25.1 Å². The molecule has 2 fully saturated rings. The third-order valence-corrected chi connectivity index (χ3v) is 7.31. The van der Waals surface area contributed by atoms with Crippen molar-refractivity contribution < 1.29 is 18.0 Å². The second kappa shape index (κ2) is 7.52. The second-order valence-electron chi connectivity index (χ2n) is 9.12. The van der Waals surface area contributed by atoms with E-state index in [0.717, 1.165) is 18.1 Å². The minimum absolute atomic E-state index is 0.175. The van der Waals surface area contributed by atoms with Crippen molar-refractivity contribution in [3.05, 3.63) is 76.3 Å². The standard InChI is InChI=1S/C25H19ClF3N5O/c1-13-3-4-15(21-30-6-2-7-31-21)16(9-13)22(35)34-8-5-14-12-24(14,34)23-32-19-10-17(25(27,28)29)18(26)11-20(19)33-23/h2-4,6-7,9-11,14H,5,8,12H2,1H3,(H,32,33)/t14-,24+/m1/s1. The Morgan fingerprint density at radius 2 is 1.97 bits per heavy atom. The zero-order valence-electron chi connectivity index (χ0n) is 18.5. The zero-order chi connectivity index (χ0) is 24.5. The van der Waals surface area contributed by atoms with Crippen molar-refractivity contribution in [1.29, 1.82) is 0 Å². The molecule has 0 unspecified atom stereocenters. The molecule has 1 amide bonds.